The first-order valence-electron chi connectivity index (χ1n) is 12.8. The molecule has 0 aliphatic rings. The Hall–Kier alpha value is -3.59. The number of hydrogen-bond acceptors (Lipinski definition) is 7. The maximum absolute atomic E-state index is 11.6. The van der Waals surface area contributed by atoms with Crippen molar-refractivity contribution in [3.8, 4) is 36.2 Å². The van der Waals surface area contributed by atoms with E-state index in [0.717, 1.165) is 16.7 Å². The summed E-state index contributed by atoms with van der Waals surface area (Å²) in [5, 5.41) is 0. The number of methoxy groups -OCH3 is 2. The zero-order valence-corrected chi connectivity index (χ0v) is 24.2. The first-order chi connectivity index (χ1) is 19.9. The van der Waals surface area contributed by atoms with Crippen LogP contribution in [0.15, 0.2) is 78.9 Å². The largest absolute Gasteiger partial charge is 0.497 e. The molecule has 3 rings (SSSR count). The highest BCUT2D eigenvalue weighted by molar-refractivity contribution is 7.32. The molecular weight excluding hydrogens is 543 g/mol. The molecule has 0 bridgehead atoms. The van der Waals surface area contributed by atoms with Crippen LogP contribution in [0, 0.1) is 30.1 Å². The minimum Gasteiger partial charge on any atom is -0.497 e. The highest BCUT2D eigenvalue weighted by Gasteiger charge is 2.42. The second-order valence-electron chi connectivity index (χ2n) is 9.24. The fraction of sp³-hybridized carbons (Fsp3) is 0.312. The SMILES string of the molecule is C#CCOCC(COCC#C)(CO[PH](=O)O)COC(c1ccccc1)(c1ccc(OC)cc1)c1ccc(OC)cc1. The predicted octanol–water partition coefficient (Wildman–Crippen LogP) is 4.70. The van der Waals surface area contributed by atoms with Crippen molar-refractivity contribution in [1.82, 2.24) is 0 Å². The van der Waals surface area contributed by atoms with Gasteiger partial charge in [0, 0.05) is 0 Å². The van der Waals surface area contributed by atoms with Gasteiger partial charge in [0.05, 0.1) is 46.1 Å². The van der Waals surface area contributed by atoms with Crippen LogP contribution >= 0.6 is 8.25 Å². The number of ether oxygens (including phenoxy) is 5. The Bertz CT molecular complexity index is 1240. The van der Waals surface area contributed by atoms with Gasteiger partial charge in [0.15, 0.2) is 0 Å². The van der Waals surface area contributed by atoms with Gasteiger partial charge in [0.1, 0.15) is 30.3 Å². The summed E-state index contributed by atoms with van der Waals surface area (Å²) >= 11 is 0. The molecule has 3 aromatic carbocycles. The molecule has 8 nitrogen and oxygen atoms in total. The Morgan fingerprint density at radius 2 is 1.17 bits per heavy atom. The van der Waals surface area contributed by atoms with Gasteiger partial charge in [0.25, 0.3) is 0 Å². The molecule has 3 aromatic rings. The van der Waals surface area contributed by atoms with Crippen molar-refractivity contribution in [3.05, 3.63) is 95.6 Å². The van der Waals surface area contributed by atoms with Crippen molar-refractivity contribution in [3.63, 3.8) is 0 Å². The summed E-state index contributed by atoms with van der Waals surface area (Å²) in [6, 6.07) is 24.9. The smallest absolute Gasteiger partial charge is 0.316 e. The topological polar surface area (TPSA) is 92.7 Å². The van der Waals surface area contributed by atoms with Crippen LogP contribution < -0.4 is 9.47 Å². The molecule has 0 spiro atoms. The summed E-state index contributed by atoms with van der Waals surface area (Å²) in [5.41, 5.74) is 0.280. The molecule has 0 aromatic heterocycles. The van der Waals surface area contributed by atoms with E-state index in [1.165, 1.54) is 0 Å². The minimum absolute atomic E-state index is 0.0198. The number of hydrogen-bond donors (Lipinski definition) is 1. The predicted molar refractivity (Wildman–Crippen MR) is 157 cm³/mol. The van der Waals surface area contributed by atoms with E-state index in [9.17, 15) is 9.46 Å². The fourth-order valence-electron chi connectivity index (χ4n) is 4.45. The van der Waals surface area contributed by atoms with E-state index in [1.807, 2.05) is 78.9 Å². The average molecular weight is 579 g/mol. The molecule has 0 heterocycles. The van der Waals surface area contributed by atoms with Crippen LogP contribution in [0.3, 0.4) is 0 Å². The summed E-state index contributed by atoms with van der Waals surface area (Å²) in [4.78, 5) is 9.53. The zero-order valence-electron chi connectivity index (χ0n) is 23.2. The van der Waals surface area contributed by atoms with Crippen LogP contribution in [0.2, 0.25) is 0 Å². The molecule has 0 saturated carbocycles. The molecule has 216 valence electrons. The molecular formula is C32H35O8P. The average Bonchev–Trinajstić information content (AvgIpc) is 3.01. The molecule has 1 atom stereocenters. The lowest BCUT2D eigenvalue weighted by Gasteiger charge is -2.40. The minimum atomic E-state index is -3.28. The van der Waals surface area contributed by atoms with Gasteiger partial charge < -0.3 is 33.1 Å². The second-order valence-corrected chi connectivity index (χ2v) is 10.1. The van der Waals surface area contributed by atoms with Crippen LogP contribution in [-0.2, 0) is 28.9 Å². The van der Waals surface area contributed by atoms with Crippen molar-refractivity contribution in [2.45, 2.75) is 5.60 Å². The molecule has 0 radical (unpaired) electrons. The van der Waals surface area contributed by atoms with Crippen molar-refractivity contribution >= 4 is 8.25 Å². The third-order valence-electron chi connectivity index (χ3n) is 6.46. The van der Waals surface area contributed by atoms with Crippen LogP contribution in [0.25, 0.3) is 0 Å². The third kappa shape index (κ3) is 8.45. The van der Waals surface area contributed by atoms with Crippen LogP contribution in [0.5, 0.6) is 11.5 Å². The lowest BCUT2D eigenvalue weighted by molar-refractivity contribution is -0.111. The number of terminal acetylenes is 2. The molecule has 0 amide bonds. The first kappa shape index (κ1) is 31.9. The van der Waals surface area contributed by atoms with Gasteiger partial charge >= 0.3 is 8.25 Å². The Balaban J connectivity index is 2.19. The van der Waals surface area contributed by atoms with Gasteiger partial charge in [-0.3, -0.25) is 4.57 Å². The van der Waals surface area contributed by atoms with E-state index in [0.29, 0.717) is 11.5 Å². The van der Waals surface area contributed by atoms with Gasteiger partial charge in [-0.15, -0.1) is 12.8 Å². The van der Waals surface area contributed by atoms with Gasteiger partial charge in [-0.2, -0.15) is 0 Å². The Labute approximate surface area is 242 Å². The van der Waals surface area contributed by atoms with Gasteiger partial charge in [0.2, 0.25) is 0 Å². The highest BCUT2D eigenvalue weighted by Crippen LogP contribution is 2.43. The normalized spacial score (nSPS) is 12.2. The van der Waals surface area contributed by atoms with Crippen molar-refractivity contribution < 1.29 is 37.7 Å². The van der Waals surface area contributed by atoms with E-state index in [1.54, 1.807) is 14.2 Å². The standard InChI is InChI=1S/C32H35O8P/c1-5-20-37-22-31(23-38-21-6-2,25-40-41(33)34)24-39-32(26-10-8-7-9-11-26,27-12-16-29(35-3)17-13-27)28-14-18-30(36-4)19-15-28/h1-2,7-19,41H,20-25H2,3-4H3,(H,33,34). The Morgan fingerprint density at radius 1 is 0.707 bits per heavy atom. The van der Waals surface area contributed by atoms with Crippen molar-refractivity contribution in [1.29, 1.82) is 0 Å². The summed E-state index contributed by atoms with van der Waals surface area (Å²) in [5.74, 6) is 6.25. The van der Waals surface area contributed by atoms with Crippen LogP contribution in [-0.4, -0.2) is 58.8 Å². The molecule has 1 N–H and O–H groups in total. The van der Waals surface area contributed by atoms with Crippen LogP contribution in [0.1, 0.15) is 16.7 Å². The Kier molecular flexibility index (Phi) is 12.5. The monoisotopic (exact) mass is 578 g/mol. The molecule has 0 aliphatic heterocycles. The molecule has 0 aliphatic carbocycles. The molecule has 0 fully saturated rings. The van der Waals surface area contributed by atoms with E-state index >= 15 is 0 Å². The summed E-state index contributed by atoms with van der Waals surface area (Å²) in [7, 11) is -0.0671. The molecule has 9 heteroatoms. The molecule has 0 saturated heterocycles. The lowest BCUT2D eigenvalue weighted by Crippen LogP contribution is -2.45. The highest BCUT2D eigenvalue weighted by atomic mass is 31.1. The van der Waals surface area contributed by atoms with E-state index < -0.39 is 19.3 Å². The quantitative estimate of drug-likeness (QED) is 0.107. The maximum Gasteiger partial charge on any atom is 0.316 e. The van der Waals surface area contributed by atoms with Gasteiger partial charge in [-0.25, -0.2) is 0 Å². The van der Waals surface area contributed by atoms with Crippen molar-refractivity contribution in [2.75, 3.05) is 53.9 Å². The molecule has 41 heavy (non-hydrogen) atoms. The third-order valence-corrected chi connectivity index (χ3v) is 6.85. The van der Waals surface area contributed by atoms with Gasteiger partial charge in [-0.1, -0.05) is 66.4 Å². The van der Waals surface area contributed by atoms with Crippen molar-refractivity contribution in [2.24, 2.45) is 5.41 Å². The molecule has 1 unspecified atom stereocenters. The lowest BCUT2D eigenvalue weighted by atomic mass is 9.79. The van der Waals surface area contributed by atoms with E-state index in [4.69, 9.17) is 41.1 Å². The first-order valence-corrected chi connectivity index (χ1v) is 14.1. The summed E-state index contributed by atoms with van der Waals surface area (Å²) in [6.45, 7) is -0.144. The number of benzene rings is 3. The van der Waals surface area contributed by atoms with Gasteiger partial charge in [-0.05, 0) is 41.0 Å². The Morgan fingerprint density at radius 3 is 1.59 bits per heavy atom. The second kappa shape index (κ2) is 16.0. The van der Waals surface area contributed by atoms with E-state index in [2.05, 4.69) is 11.8 Å². The summed E-state index contributed by atoms with van der Waals surface area (Å²) < 4.78 is 46.1. The maximum atomic E-state index is 11.6. The fourth-order valence-corrected chi connectivity index (χ4v) is 4.88. The zero-order chi connectivity index (χ0) is 29.6. The number of rotatable bonds is 17. The summed E-state index contributed by atoms with van der Waals surface area (Å²) in [6.07, 6.45) is 10.8. The van der Waals surface area contributed by atoms with Crippen LogP contribution in [0.4, 0.5) is 0 Å². The van der Waals surface area contributed by atoms with E-state index in [-0.39, 0.29) is 39.6 Å².